The van der Waals surface area contributed by atoms with E-state index in [2.05, 4.69) is 62.5 Å². The molecule has 0 aliphatic heterocycles. The first-order chi connectivity index (χ1) is 20.3. The Hall–Kier alpha value is -2.03. The maximum Gasteiger partial charge on any atom is 0.472 e. The van der Waals surface area contributed by atoms with Crippen molar-refractivity contribution in [1.82, 2.24) is 0 Å². The maximum absolute atomic E-state index is 12.4. The molecule has 0 radical (unpaired) electrons. The van der Waals surface area contributed by atoms with E-state index in [0.717, 1.165) is 70.6 Å². The van der Waals surface area contributed by atoms with Crippen LogP contribution in [0, 0.1) is 0 Å². The predicted molar refractivity (Wildman–Crippen MR) is 169 cm³/mol. The Balaban J connectivity index is 4.25. The van der Waals surface area contributed by atoms with E-state index < -0.39 is 32.5 Å². The fraction of sp³-hybridized carbons (Fsp3) is 0.688. The lowest BCUT2D eigenvalue weighted by Gasteiger charge is -2.19. The van der Waals surface area contributed by atoms with E-state index in [4.69, 9.17) is 24.3 Å². The summed E-state index contributed by atoms with van der Waals surface area (Å²) in [5.74, 6) is -0.885. The largest absolute Gasteiger partial charge is 0.472 e. The first kappa shape index (κ1) is 40.0. The molecule has 3 N–H and O–H groups in total. The van der Waals surface area contributed by atoms with Gasteiger partial charge in [0.2, 0.25) is 0 Å². The molecule has 0 bridgehead atoms. The van der Waals surface area contributed by atoms with E-state index in [1.165, 1.54) is 0 Å². The molecule has 0 saturated heterocycles. The van der Waals surface area contributed by atoms with Gasteiger partial charge in [-0.25, -0.2) is 4.57 Å². The summed E-state index contributed by atoms with van der Waals surface area (Å²) in [5.41, 5.74) is 5.28. The molecule has 0 aromatic carbocycles. The Morgan fingerprint density at radius 1 is 0.738 bits per heavy atom. The number of unbranched alkanes of at least 4 members (excludes halogenated alkanes) is 7. The molecule has 0 aliphatic carbocycles. The number of nitrogens with two attached hydrogens (primary N) is 1. The predicted octanol–water partition coefficient (Wildman–Crippen LogP) is 7.65. The van der Waals surface area contributed by atoms with Crippen molar-refractivity contribution >= 4 is 19.8 Å². The standard InChI is InChI=1S/C32H56NO8P/c1-3-5-7-9-10-11-12-13-14-15-16-17-18-19-20-21-23-25-32(35)41-30(29-40-42(36,37)39-27-26-33)28-38-31(34)24-22-8-6-4-2/h5,7,10-11,13-14,16-17,30H,3-4,6,8-9,12,15,18-29,33H2,1-2H3,(H,36,37)/b7-5-,11-10-,14-13-,17-16-. The van der Waals surface area contributed by atoms with Crippen molar-refractivity contribution in [3.05, 3.63) is 48.6 Å². The van der Waals surface area contributed by atoms with Crippen molar-refractivity contribution in [2.24, 2.45) is 5.73 Å². The molecular formula is C32H56NO8P. The number of hydrogen-bond donors (Lipinski definition) is 2. The van der Waals surface area contributed by atoms with E-state index >= 15 is 0 Å². The maximum atomic E-state index is 12.4. The minimum absolute atomic E-state index is 0.0470. The minimum Gasteiger partial charge on any atom is -0.462 e. The van der Waals surface area contributed by atoms with Crippen LogP contribution in [-0.2, 0) is 32.7 Å². The van der Waals surface area contributed by atoms with E-state index in [9.17, 15) is 19.0 Å². The van der Waals surface area contributed by atoms with Crippen molar-refractivity contribution < 1.29 is 37.6 Å². The average Bonchev–Trinajstić information content (AvgIpc) is 2.97. The zero-order valence-electron chi connectivity index (χ0n) is 26.0. The summed E-state index contributed by atoms with van der Waals surface area (Å²) in [6, 6.07) is 0. The molecule has 0 heterocycles. The van der Waals surface area contributed by atoms with Crippen LogP contribution in [0.4, 0.5) is 0 Å². The highest BCUT2D eigenvalue weighted by molar-refractivity contribution is 7.47. The van der Waals surface area contributed by atoms with Gasteiger partial charge in [0.05, 0.1) is 13.2 Å². The topological polar surface area (TPSA) is 134 Å². The monoisotopic (exact) mass is 613 g/mol. The molecule has 0 rings (SSSR count). The lowest BCUT2D eigenvalue weighted by atomic mass is 10.1. The highest BCUT2D eigenvalue weighted by Crippen LogP contribution is 2.43. The molecule has 0 aromatic rings. The second-order valence-corrected chi connectivity index (χ2v) is 11.4. The molecule has 0 fully saturated rings. The molecule has 10 heteroatoms. The fourth-order valence-corrected chi connectivity index (χ4v) is 4.45. The summed E-state index contributed by atoms with van der Waals surface area (Å²) in [6.45, 7) is 3.40. The number of ether oxygens (including phenoxy) is 2. The molecule has 2 unspecified atom stereocenters. The van der Waals surface area contributed by atoms with Crippen LogP contribution in [-0.4, -0.2) is 49.3 Å². The Morgan fingerprint density at radius 3 is 1.93 bits per heavy atom. The van der Waals surface area contributed by atoms with E-state index in [0.29, 0.717) is 12.8 Å². The van der Waals surface area contributed by atoms with Crippen molar-refractivity contribution in [3.8, 4) is 0 Å². The number of hydrogen-bond acceptors (Lipinski definition) is 8. The summed E-state index contributed by atoms with van der Waals surface area (Å²) >= 11 is 0. The van der Waals surface area contributed by atoms with E-state index in [1.807, 2.05) is 0 Å². The quantitative estimate of drug-likeness (QED) is 0.0395. The molecular weight excluding hydrogens is 557 g/mol. The van der Waals surface area contributed by atoms with Gasteiger partial charge in [0, 0.05) is 19.4 Å². The van der Waals surface area contributed by atoms with Crippen LogP contribution in [0.1, 0.15) is 110 Å². The van der Waals surface area contributed by atoms with Gasteiger partial charge in [-0.1, -0.05) is 94.6 Å². The van der Waals surface area contributed by atoms with Crippen molar-refractivity contribution in [3.63, 3.8) is 0 Å². The van der Waals surface area contributed by atoms with Gasteiger partial charge in [0.1, 0.15) is 6.61 Å². The van der Waals surface area contributed by atoms with Gasteiger partial charge in [-0.2, -0.15) is 0 Å². The van der Waals surface area contributed by atoms with Crippen molar-refractivity contribution in [2.75, 3.05) is 26.4 Å². The number of allylic oxidation sites excluding steroid dienone is 8. The molecule has 2 atom stereocenters. The number of carbonyl (C=O) groups is 2. The van der Waals surface area contributed by atoms with Gasteiger partial charge < -0.3 is 20.1 Å². The molecule has 242 valence electrons. The SMILES string of the molecule is CC/C=C\C/C=C\C/C=C\C/C=C\CCCCCCC(=O)OC(COC(=O)CCCCCC)COP(=O)(O)OCCN. The highest BCUT2D eigenvalue weighted by Gasteiger charge is 2.25. The second-order valence-electron chi connectivity index (χ2n) is 9.95. The third-order valence-electron chi connectivity index (χ3n) is 5.98. The zero-order valence-corrected chi connectivity index (χ0v) is 26.9. The van der Waals surface area contributed by atoms with Gasteiger partial charge in [-0.3, -0.25) is 18.6 Å². The summed E-state index contributed by atoms with van der Waals surface area (Å²) < 4.78 is 32.2. The van der Waals surface area contributed by atoms with Gasteiger partial charge in [-0.15, -0.1) is 0 Å². The van der Waals surface area contributed by atoms with Crippen LogP contribution < -0.4 is 5.73 Å². The van der Waals surface area contributed by atoms with Crippen LogP contribution in [0.3, 0.4) is 0 Å². The Kier molecular flexibility index (Phi) is 27.7. The third kappa shape index (κ3) is 28.1. The molecule has 0 amide bonds. The van der Waals surface area contributed by atoms with E-state index in [-0.39, 0.29) is 32.6 Å². The highest BCUT2D eigenvalue weighted by atomic mass is 31.2. The Morgan fingerprint density at radius 2 is 1.31 bits per heavy atom. The molecule has 0 spiro atoms. The van der Waals surface area contributed by atoms with Crippen LogP contribution in [0.2, 0.25) is 0 Å². The Bertz CT molecular complexity index is 840. The fourth-order valence-electron chi connectivity index (χ4n) is 3.68. The smallest absolute Gasteiger partial charge is 0.462 e. The van der Waals surface area contributed by atoms with Crippen LogP contribution in [0.15, 0.2) is 48.6 Å². The molecule has 0 aliphatic rings. The van der Waals surface area contributed by atoms with E-state index in [1.54, 1.807) is 0 Å². The average molecular weight is 614 g/mol. The second kappa shape index (κ2) is 29.1. The lowest BCUT2D eigenvalue weighted by molar-refractivity contribution is -0.161. The van der Waals surface area contributed by atoms with Gasteiger partial charge >= 0.3 is 19.8 Å². The number of carbonyl (C=O) groups excluding carboxylic acids is 2. The van der Waals surface area contributed by atoms with Gasteiger partial charge in [0.15, 0.2) is 6.10 Å². The summed E-state index contributed by atoms with van der Waals surface area (Å²) in [4.78, 5) is 34.1. The molecule has 0 saturated carbocycles. The number of esters is 2. The first-order valence-electron chi connectivity index (χ1n) is 15.6. The summed E-state index contributed by atoms with van der Waals surface area (Å²) in [7, 11) is -4.36. The van der Waals surface area contributed by atoms with Crippen LogP contribution in [0.5, 0.6) is 0 Å². The van der Waals surface area contributed by atoms with Gasteiger partial charge in [0.25, 0.3) is 0 Å². The van der Waals surface area contributed by atoms with Gasteiger partial charge in [-0.05, 0) is 51.4 Å². The molecule has 0 aromatic heterocycles. The number of phosphoric acid groups is 1. The molecule has 9 nitrogen and oxygen atoms in total. The van der Waals surface area contributed by atoms with Crippen molar-refractivity contribution in [2.45, 2.75) is 116 Å². The van der Waals surface area contributed by atoms with Crippen LogP contribution in [0.25, 0.3) is 0 Å². The number of rotatable bonds is 28. The first-order valence-corrected chi connectivity index (χ1v) is 17.1. The van der Waals surface area contributed by atoms with Crippen molar-refractivity contribution in [1.29, 1.82) is 0 Å². The lowest BCUT2D eigenvalue weighted by Crippen LogP contribution is -2.29. The normalized spacial score (nSPS) is 14.3. The zero-order chi connectivity index (χ0) is 31.2. The molecule has 42 heavy (non-hydrogen) atoms. The third-order valence-corrected chi connectivity index (χ3v) is 6.96. The summed E-state index contributed by atoms with van der Waals surface area (Å²) in [5, 5.41) is 0. The Labute approximate surface area is 254 Å². The summed E-state index contributed by atoms with van der Waals surface area (Å²) in [6.07, 6.45) is 29.2. The number of phosphoric ester groups is 1. The van der Waals surface area contributed by atoms with Crippen LogP contribution >= 0.6 is 7.82 Å². The minimum atomic E-state index is -4.36.